The number of nitrogens with one attached hydrogen (secondary N) is 1. The number of piperidine rings is 1. The van der Waals surface area contributed by atoms with Crippen molar-refractivity contribution in [3.05, 3.63) is 17.0 Å². The van der Waals surface area contributed by atoms with E-state index in [1.54, 1.807) is 18.7 Å². The molecule has 1 aromatic rings. The average Bonchev–Trinajstić information content (AvgIpc) is 3.48. The molecular weight excluding hydrogens is 412 g/mol. The van der Waals surface area contributed by atoms with E-state index in [4.69, 9.17) is 9.52 Å². The van der Waals surface area contributed by atoms with Gasteiger partial charge in [-0.25, -0.2) is 0 Å². The van der Waals surface area contributed by atoms with E-state index in [0.29, 0.717) is 42.1 Å². The number of hydrogen-bond donors (Lipinski definition) is 1. The number of hydrogen-bond acceptors (Lipinski definition) is 6. The van der Waals surface area contributed by atoms with Crippen molar-refractivity contribution in [1.82, 2.24) is 15.4 Å². The number of nitrogens with zero attached hydrogens (tertiary/aromatic N) is 3. The zero-order valence-corrected chi connectivity index (χ0v) is 19.5. The Kier molecular flexibility index (Phi) is 5.39. The Morgan fingerprint density at radius 3 is 2.65 bits per heavy atom. The van der Waals surface area contributed by atoms with Crippen LogP contribution in [0, 0.1) is 31.6 Å². The van der Waals surface area contributed by atoms with Crippen LogP contribution in [0.3, 0.4) is 0 Å². The summed E-state index contributed by atoms with van der Waals surface area (Å²) in [6.07, 6.45) is 7.83. The summed E-state index contributed by atoms with van der Waals surface area (Å²) in [5.41, 5.74) is 1.25. The fourth-order valence-corrected chi connectivity index (χ4v) is 7.29. The van der Waals surface area contributed by atoms with Crippen molar-refractivity contribution < 1.29 is 14.1 Å². The topological polar surface area (TPSA) is 87.8 Å². The number of likely N-dealkylation sites (tertiary alicyclic amines) is 1. The monoisotopic (exact) mass is 444 g/mol. The maximum Gasteiger partial charge on any atom is 0.259 e. The van der Waals surface area contributed by atoms with Crippen molar-refractivity contribution in [2.24, 2.45) is 22.7 Å². The highest BCUT2D eigenvalue weighted by molar-refractivity contribution is 8.16. The Morgan fingerprint density at radius 1 is 1.26 bits per heavy atom. The van der Waals surface area contributed by atoms with E-state index in [0.717, 1.165) is 36.3 Å². The molecule has 7 nitrogen and oxygen atoms in total. The predicted octanol–water partition coefficient (Wildman–Crippen LogP) is 3.70. The van der Waals surface area contributed by atoms with Crippen molar-refractivity contribution in [2.75, 3.05) is 13.1 Å². The summed E-state index contributed by atoms with van der Waals surface area (Å²) in [4.78, 5) is 32.5. The van der Waals surface area contributed by atoms with E-state index in [1.165, 1.54) is 25.7 Å². The van der Waals surface area contributed by atoms with E-state index in [2.05, 4.69) is 17.4 Å². The predicted molar refractivity (Wildman–Crippen MR) is 120 cm³/mol. The van der Waals surface area contributed by atoms with Crippen molar-refractivity contribution >= 4 is 28.7 Å². The molecule has 2 amide bonds. The van der Waals surface area contributed by atoms with Gasteiger partial charge in [0.15, 0.2) is 5.17 Å². The maximum atomic E-state index is 12.9. The van der Waals surface area contributed by atoms with Crippen molar-refractivity contribution in [3.63, 3.8) is 0 Å². The second-order valence-electron chi connectivity index (χ2n) is 10.1. The van der Waals surface area contributed by atoms with Crippen LogP contribution in [0.2, 0.25) is 0 Å². The Balaban J connectivity index is 1.17. The SMILES string of the molecule is Cc1noc(C)c1C(=O)N1CCC(CC2(C)SC(=N[C@H]3C[C@H]4CC[C@H]3C4)NC2=O)CC1. The second kappa shape index (κ2) is 7.94. The number of rotatable bonds is 4. The fourth-order valence-electron chi connectivity index (χ4n) is 6.06. The molecule has 4 aliphatic rings. The number of carbonyl (C=O) groups is 2. The molecule has 2 saturated heterocycles. The molecule has 2 saturated carbocycles. The first-order valence-corrected chi connectivity index (χ1v) is 12.4. The first kappa shape index (κ1) is 21.0. The summed E-state index contributed by atoms with van der Waals surface area (Å²) in [5.74, 6) is 2.69. The molecule has 1 aromatic heterocycles. The van der Waals surface area contributed by atoms with Crippen molar-refractivity contribution in [2.45, 2.75) is 76.5 Å². The molecule has 168 valence electrons. The molecular formula is C23H32N4O3S. The molecule has 4 atom stereocenters. The molecule has 31 heavy (non-hydrogen) atoms. The number of aromatic nitrogens is 1. The fraction of sp³-hybridized carbons (Fsp3) is 0.739. The number of aliphatic imine (C=N–C) groups is 1. The largest absolute Gasteiger partial charge is 0.361 e. The number of carbonyl (C=O) groups excluding carboxylic acids is 2. The van der Waals surface area contributed by atoms with E-state index < -0.39 is 4.75 Å². The Morgan fingerprint density at radius 2 is 2.03 bits per heavy atom. The van der Waals surface area contributed by atoms with Crippen LogP contribution in [0.4, 0.5) is 0 Å². The second-order valence-corrected chi connectivity index (χ2v) is 11.6. The van der Waals surface area contributed by atoms with Gasteiger partial charge in [0.25, 0.3) is 5.91 Å². The molecule has 2 aliphatic heterocycles. The van der Waals surface area contributed by atoms with Crippen LogP contribution in [-0.4, -0.2) is 50.9 Å². The van der Waals surface area contributed by atoms with Crippen LogP contribution in [-0.2, 0) is 4.79 Å². The normalized spacial score (nSPS) is 34.7. The molecule has 2 bridgehead atoms. The first-order chi connectivity index (χ1) is 14.8. The smallest absolute Gasteiger partial charge is 0.259 e. The van der Waals surface area contributed by atoms with Crippen LogP contribution < -0.4 is 5.32 Å². The molecule has 0 aromatic carbocycles. The minimum absolute atomic E-state index is 0.00850. The molecule has 0 spiro atoms. The van der Waals surface area contributed by atoms with Gasteiger partial charge in [-0.15, -0.1) is 0 Å². The zero-order valence-electron chi connectivity index (χ0n) is 18.6. The highest BCUT2D eigenvalue weighted by Gasteiger charge is 2.46. The molecule has 4 fully saturated rings. The lowest BCUT2D eigenvalue weighted by atomic mass is 9.87. The van der Waals surface area contributed by atoms with Crippen LogP contribution >= 0.6 is 11.8 Å². The quantitative estimate of drug-likeness (QED) is 0.765. The Hall–Kier alpha value is -1.83. The Bertz CT molecular complexity index is 900. The van der Waals surface area contributed by atoms with Crippen LogP contribution in [0.5, 0.6) is 0 Å². The third kappa shape index (κ3) is 3.92. The number of fused-ring (bicyclic) bond motifs is 2. The molecule has 8 heteroatoms. The standard InChI is InChI=1S/C23H32N4O3S/c1-13-19(14(2)30-26-13)20(28)27-8-6-15(7-9-27)12-23(3)21(29)25-22(31-23)24-18-11-16-4-5-17(18)10-16/h15-18H,4-12H2,1-3H3,(H,24,25,29)/t16-,17-,18-,23?/m0/s1. The number of thioether (sulfide) groups is 1. The molecule has 1 unspecified atom stereocenters. The molecule has 1 N–H and O–H groups in total. The lowest BCUT2D eigenvalue weighted by Gasteiger charge is -2.34. The van der Waals surface area contributed by atoms with Gasteiger partial charge in [0.05, 0.1) is 16.5 Å². The first-order valence-electron chi connectivity index (χ1n) is 11.6. The van der Waals surface area contributed by atoms with E-state index in [9.17, 15) is 9.59 Å². The summed E-state index contributed by atoms with van der Waals surface area (Å²) in [6, 6.07) is 0.405. The van der Waals surface area contributed by atoms with Crippen LogP contribution in [0.25, 0.3) is 0 Å². The van der Waals surface area contributed by atoms with Gasteiger partial charge >= 0.3 is 0 Å². The Labute approximate surface area is 187 Å². The maximum absolute atomic E-state index is 12.9. The molecule has 3 heterocycles. The highest BCUT2D eigenvalue weighted by Crippen LogP contribution is 2.47. The zero-order chi connectivity index (χ0) is 21.8. The van der Waals surface area contributed by atoms with Gasteiger partial charge in [-0.2, -0.15) is 0 Å². The van der Waals surface area contributed by atoms with Gasteiger partial charge in [-0.1, -0.05) is 23.3 Å². The third-order valence-corrected chi connectivity index (χ3v) is 9.04. The molecule has 5 rings (SSSR count). The summed E-state index contributed by atoms with van der Waals surface area (Å²) in [7, 11) is 0. The van der Waals surface area contributed by atoms with Gasteiger partial charge in [0, 0.05) is 13.1 Å². The van der Waals surface area contributed by atoms with E-state index >= 15 is 0 Å². The lowest BCUT2D eigenvalue weighted by molar-refractivity contribution is -0.121. The summed E-state index contributed by atoms with van der Waals surface area (Å²) in [6.45, 7) is 7.07. The minimum atomic E-state index is -0.463. The highest BCUT2D eigenvalue weighted by atomic mass is 32.2. The summed E-state index contributed by atoms with van der Waals surface area (Å²) in [5, 5.41) is 7.81. The number of amidine groups is 1. The van der Waals surface area contributed by atoms with E-state index in [-0.39, 0.29) is 11.8 Å². The summed E-state index contributed by atoms with van der Waals surface area (Å²) >= 11 is 1.63. The van der Waals surface area contributed by atoms with Crippen LogP contribution in [0.1, 0.15) is 73.7 Å². The van der Waals surface area contributed by atoms with Gasteiger partial charge in [0.2, 0.25) is 5.91 Å². The van der Waals surface area contributed by atoms with Crippen molar-refractivity contribution in [1.29, 1.82) is 0 Å². The van der Waals surface area contributed by atoms with Crippen molar-refractivity contribution in [3.8, 4) is 0 Å². The minimum Gasteiger partial charge on any atom is -0.361 e. The van der Waals surface area contributed by atoms with Crippen LogP contribution in [0.15, 0.2) is 9.52 Å². The van der Waals surface area contributed by atoms with Gasteiger partial charge in [-0.05, 0) is 77.0 Å². The third-order valence-electron chi connectivity index (χ3n) is 7.83. The molecule has 2 aliphatic carbocycles. The van der Waals surface area contributed by atoms with Gasteiger partial charge in [0.1, 0.15) is 11.3 Å². The van der Waals surface area contributed by atoms with Gasteiger partial charge < -0.3 is 14.7 Å². The van der Waals surface area contributed by atoms with E-state index in [1.807, 2.05) is 11.8 Å². The average molecular weight is 445 g/mol. The van der Waals surface area contributed by atoms with Gasteiger partial charge in [-0.3, -0.25) is 14.6 Å². The number of aryl methyl sites for hydroxylation is 2. The number of amides is 2. The molecule has 0 radical (unpaired) electrons. The summed E-state index contributed by atoms with van der Waals surface area (Å²) < 4.78 is 4.70. The lowest BCUT2D eigenvalue weighted by Crippen LogP contribution is -2.42.